The quantitative estimate of drug-likeness (QED) is 0.599. The van der Waals surface area contributed by atoms with Crippen LogP contribution in [0, 0.1) is 0 Å². The summed E-state index contributed by atoms with van der Waals surface area (Å²) < 4.78 is 11.3. The van der Waals surface area contributed by atoms with Crippen molar-refractivity contribution in [3.8, 4) is 0 Å². The van der Waals surface area contributed by atoms with Gasteiger partial charge in [-0.2, -0.15) is 0 Å². The smallest absolute Gasteiger partial charge is 0.0708 e. The predicted octanol–water partition coefficient (Wildman–Crippen LogP) is 2.09. The Morgan fingerprint density at radius 3 is 2.53 bits per heavy atom. The van der Waals surface area contributed by atoms with Crippen LogP contribution in [0.15, 0.2) is 0 Å². The number of unbranched alkanes of at least 4 members (excludes halogenated alkanes) is 1. The van der Waals surface area contributed by atoms with E-state index < -0.39 is 0 Å². The first kappa shape index (κ1) is 12.9. The van der Waals surface area contributed by atoms with Gasteiger partial charge in [-0.05, 0) is 38.6 Å². The summed E-state index contributed by atoms with van der Waals surface area (Å²) in [6, 6.07) is 0. The Morgan fingerprint density at radius 1 is 1.20 bits per heavy atom. The maximum atomic E-state index is 5.88. The number of nitrogens with two attached hydrogens (primary N) is 1. The lowest BCUT2D eigenvalue weighted by Gasteiger charge is -2.41. The summed E-state index contributed by atoms with van der Waals surface area (Å²) in [4.78, 5) is 0. The van der Waals surface area contributed by atoms with Crippen molar-refractivity contribution in [3.63, 3.8) is 0 Å². The summed E-state index contributed by atoms with van der Waals surface area (Å²) in [6.07, 6.45) is 6.99. The van der Waals surface area contributed by atoms with Gasteiger partial charge in [0.15, 0.2) is 0 Å². The molecule has 0 aliphatic heterocycles. The number of rotatable bonds is 9. The Hall–Kier alpha value is -0.120. The molecule has 0 atom stereocenters. The molecule has 0 unspecified atom stereocenters. The van der Waals surface area contributed by atoms with E-state index in [1.807, 2.05) is 0 Å². The van der Waals surface area contributed by atoms with E-state index in [2.05, 4.69) is 6.92 Å². The van der Waals surface area contributed by atoms with Gasteiger partial charge in [-0.15, -0.1) is 0 Å². The van der Waals surface area contributed by atoms with Gasteiger partial charge in [0.1, 0.15) is 0 Å². The van der Waals surface area contributed by atoms with Crippen LogP contribution in [0.4, 0.5) is 0 Å². The normalized spacial score (nSPS) is 18.8. The van der Waals surface area contributed by atoms with Gasteiger partial charge in [-0.25, -0.2) is 0 Å². The molecule has 1 aliphatic carbocycles. The summed E-state index contributed by atoms with van der Waals surface area (Å²) in [5.41, 5.74) is 5.70. The van der Waals surface area contributed by atoms with Gasteiger partial charge in [0.05, 0.1) is 18.8 Å². The van der Waals surface area contributed by atoms with Gasteiger partial charge in [0, 0.05) is 6.61 Å². The highest BCUT2D eigenvalue weighted by molar-refractivity contribution is 4.89. The fraction of sp³-hybridized carbons (Fsp3) is 1.00. The van der Waals surface area contributed by atoms with E-state index in [9.17, 15) is 0 Å². The van der Waals surface area contributed by atoms with Gasteiger partial charge in [0.25, 0.3) is 0 Å². The first-order valence-corrected chi connectivity index (χ1v) is 6.25. The lowest BCUT2D eigenvalue weighted by molar-refractivity contribution is -0.116. The molecule has 1 saturated carbocycles. The van der Waals surface area contributed by atoms with E-state index in [1.54, 1.807) is 0 Å². The topological polar surface area (TPSA) is 44.5 Å². The fourth-order valence-corrected chi connectivity index (χ4v) is 1.97. The summed E-state index contributed by atoms with van der Waals surface area (Å²) in [5.74, 6) is 0. The molecule has 0 saturated heterocycles. The summed E-state index contributed by atoms with van der Waals surface area (Å²) in [5, 5.41) is 0. The first-order valence-electron chi connectivity index (χ1n) is 6.25. The molecule has 90 valence electrons. The molecule has 0 heterocycles. The molecule has 1 aliphatic rings. The van der Waals surface area contributed by atoms with Crippen LogP contribution in [0.5, 0.6) is 0 Å². The molecule has 0 radical (unpaired) electrons. The van der Waals surface area contributed by atoms with Crippen LogP contribution in [0.3, 0.4) is 0 Å². The van der Waals surface area contributed by atoms with Gasteiger partial charge < -0.3 is 15.2 Å². The predicted molar refractivity (Wildman–Crippen MR) is 61.9 cm³/mol. The van der Waals surface area contributed by atoms with Crippen molar-refractivity contribution in [3.05, 3.63) is 0 Å². The molecule has 1 fully saturated rings. The highest BCUT2D eigenvalue weighted by atomic mass is 16.5. The molecule has 0 aromatic heterocycles. The minimum atomic E-state index is 0.114. The highest BCUT2D eigenvalue weighted by Crippen LogP contribution is 2.37. The minimum absolute atomic E-state index is 0.114. The van der Waals surface area contributed by atoms with Crippen molar-refractivity contribution in [2.45, 2.75) is 51.0 Å². The molecule has 0 aromatic rings. The van der Waals surface area contributed by atoms with Crippen molar-refractivity contribution in [1.29, 1.82) is 0 Å². The highest BCUT2D eigenvalue weighted by Gasteiger charge is 2.36. The second-order valence-electron chi connectivity index (χ2n) is 4.39. The second kappa shape index (κ2) is 7.20. The average molecular weight is 215 g/mol. The van der Waals surface area contributed by atoms with E-state index in [-0.39, 0.29) is 5.60 Å². The van der Waals surface area contributed by atoms with Crippen LogP contribution >= 0.6 is 0 Å². The molecule has 0 amide bonds. The molecule has 0 bridgehead atoms. The van der Waals surface area contributed by atoms with Gasteiger partial charge in [-0.3, -0.25) is 0 Å². The van der Waals surface area contributed by atoms with Crippen LogP contribution in [-0.4, -0.2) is 32.0 Å². The van der Waals surface area contributed by atoms with Crippen molar-refractivity contribution < 1.29 is 9.47 Å². The van der Waals surface area contributed by atoms with Crippen molar-refractivity contribution in [2.24, 2.45) is 5.73 Å². The van der Waals surface area contributed by atoms with Crippen molar-refractivity contribution in [1.82, 2.24) is 0 Å². The van der Waals surface area contributed by atoms with Gasteiger partial charge in [0.2, 0.25) is 0 Å². The van der Waals surface area contributed by atoms with Gasteiger partial charge in [-0.1, -0.05) is 13.3 Å². The average Bonchev–Trinajstić information content (AvgIpc) is 2.19. The van der Waals surface area contributed by atoms with E-state index in [0.717, 1.165) is 39.2 Å². The van der Waals surface area contributed by atoms with Crippen molar-refractivity contribution in [2.75, 3.05) is 26.4 Å². The molecular formula is C12H25NO2. The Balaban J connectivity index is 1.98. The Kier molecular flexibility index (Phi) is 6.22. The standard InChI is InChI=1S/C12H25NO2/c1-2-3-9-14-10-11-15-12(7-8-13)5-4-6-12/h2-11,13H2,1H3. The maximum absolute atomic E-state index is 5.88. The Morgan fingerprint density at radius 2 is 2.00 bits per heavy atom. The molecule has 3 heteroatoms. The largest absolute Gasteiger partial charge is 0.379 e. The SMILES string of the molecule is CCCCOCCOC1(CCN)CCC1. The zero-order valence-corrected chi connectivity index (χ0v) is 9.96. The van der Waals surface area contributed by atoms with E-state index in [4.69, 9.17) is 15.2 Å². The van der Waals surface area contributed by atoms with E-state index in [0.29, 0.717) is 0 Å². The summed E-state index contributed by atoms with van der Waals surface area (Å²) >= 11 is 0. The molecule has 0 spiro atoms. The van der Waals surface area contributed by atoms with Crippen LogP contribution < -0.4 is 5.73 Å². The van der Waals surface area contributed by atoms with Crippen LogP contribution in [-0.2, 0) is 9.47 Å². The number of hydrogen-bond acceptors (Lipinski definition) is 3. The first-order chi connectivity index (χ1) is 7.33. The number of ether oxygens (including phenoxy) is 2. The Labute approximate surface area is 93.3 Å². The van der Waals surface area contributed by atoms with Crippen LogP contribution in [0.1, 0.15) is 45.4 Å². The third-order valence-electron chi connectivity index (χ3n) is 3.14. The van der Waals surface area contributed by atoms with E-state index in [1.165, 1.54) is 25.7 Å². The lowest BCUT2D eigenvalue weighted by atomic mass is 9.77. The van der Waals surface area contributed by atoms with Crippen LogP contribution in [0.2, 0.25) is 0 Å². The molecule has 0 aromatic carbocycles. The zero-order chi connectivity index (χ0) is 11.0. The third-order valence-corrected chi connectivity index (χ3v) is 3.14. The summed E-state index contributed by atoms with van der Waals surface area (Å²) in [7, 11) is 0. The monoisotopic (exact) mass is 215 g/mol. The fourth-order valence-electron chi connectivity index (χ4n) is 1.97. The maximum Gasteiger partial charge on any atom is 0.0708 e. The molecular weight excluding hydrogens is 190 g/mol. The van der Waals surface area contributed by atoms with Crippen molar-refractivity contribution >= 4 is 0 Å². The second-order valence-corrected chi connectivity index (χ2v) is 4.39. The van der Waals surface area contributed by atoms with E-state index >= 15 is 0 Å². The summed E-state index contributed by atoms with van der Waals surface area (Å²) in [6.45, 7) is 5.22. The van der Waals surface area contributed by atoms with Gasteiger partial charge >= 0.3 is 0 Å². The Bertz CT molecular complexity index is 158. The molecule has 3 nitrogen and oxygen atoms in total. The minimum Gasteiger partial charge on any atom is -0.379 e. The van der Waals surface area contributed by atoms with Crippen LogP contribution in [0.25, 0.3) is 0 Å². The zero-order valence-electron chi connectivity index (χ0n) is 9.96. The lowest BCUT2D eigenvalue weighted by Crippen LogP contribution is -2.42. The molecule has 2 N–H and O–H groups in total. The third kappa shape index (κ3) is 4.49. The molecule has 15 heavy (non-hydrogen) atoms. The molecule has 1 rings (SSSR count). The number of hydrogen-bond donors (Lipinski definition) is 1.